The Morgan fingerprint density at radius 2 is 2.25 bits per heavy atom. The molecular formula is C10H10BrFN4. The lowest BCUT2D eigenvalue weighted by Crippen LogP contribution is -1.96. The van der Waals surface area contributed by atoms with Crippen molar-refractivity contribution in [2.75, 3.05) is 11.1 Å². The van der Waals surface area contributed by atoms with Gasteiger partial charge in [0, 0.05) is 17.7 Å². The largest absolute Gasteiger partial charge is 0.394 e. The topological polar surface area (TPSA) is 55.9 Å². The van der Waals surface area contributed by atoms with Gasteiger partial charge in [0.2, 0.25) is 0 Å². The molecule has 0 bridgehead atoms. The molecule has 0 atom stereocenters. The number of hydrogen-bond donors (Lipinski definition) is 2. The van der Waals surface area contributed by atoms with Crippen LogP contribution in [0.4, 0.5) is 21.6 Å². The second-order valence-electron chi connectivity index (χ2n) is 3.36. The molecular weight excluding hydrogens is 275 g/mol. The van der Waals surface area contributed by atoms with E-state index in [-0.39, 0.29) is 5.82 Å². The predicted molar refractivity (Wildman–Crippen MR) is 65.0 cm³/mol. The van der Waals surface area contributed by atoms with E-state index in [1.807, 2.05) is 0 Å². The number of aryl methyl sites for hydroxylation is 1. The van der Waals surface area contributed by atoms with E-state index in [0.717, 1.165) is 0 Å². The fourth-order valence-corrected chi connectivity index (χ4v) is 1.77. The van der Waals surface area contributed by atoms with Gasteiger partial charge in [0.1, 0.15) is 5.82 Å². The third-order valence-electron chi connectivity index (χ3n) is 2.04. The van der Waals surface area contributed by atoms with Crippen molar-refractivity contribution in [2.24, 2.45) is 7.05 Å². The molecule has 0 saturated heterocycles. The molecule has 6 heteroatoms. The van der Waals surface area contributed by atoms with Crippen molar-refractivity contribution in [3.05, 3.63) is 34.7 Å². The van der Waals surface area contributed by atoms with Gasteiger partial charge in [0.05, 0.1) is 11.4 Å². The third-order valence-corrected chi connectivity index (χ3v) is 2.70. The summed E-state index contributed by atoms with van der Waals surface area (Å²) in [4.78, 5) is 0. The molecule has 2 aromatic rings. The lowest BCUT2D eigenvalue weighted by atomic mass is 10.3. The number of rotatable bonds is 2. The van der Waals surface area contributed by atoms with Crippen LogP contribution < -0.4 is 11.1 Å². The number of anilines is 3. The van der Waals surface area contributed by atoms with Crippen molar-refractivity contribution < 1.29 is 4.39 Å². The molecule has 0 unspecified atom stereocenters. The van der Waals surface area contributed by atoms with Gasteiger partial charge in [-0.2, -0.15) is 5.10 Å². The van der Waals surface area contributed by atoms with E-state index in [1.165, 1.54) is 12.1 Å². The average molecular weight is 285 g/mol. The Morgan fingerprint density at radius 3 is 2.81 bits per heavy atom. The van der Waals surface area contributed by atoms with Crippen molar-refractivity contribution in [3.63, 3.8) is 0 Å². The minimum Gasteiger partial charge on any atom is -0.394 e. The number of aromatic nitrogens is 2. The van der Waals surface area contributed by atoms with Crippen LogP contribution in [0.25, 0.3) is 0 Å². The van der Waals surface area contributed by atoms with Gasteiger partial charge >= 0.3 is 0 Å². The Balaban J connectivity index is 2.30. The summed E-state index contributed by atoms with van der Waals surface area (Å²) in [5.74, 6) is 0.251. The maximum absolute atomic E-state index is 12.9. The maximum Gasteiger partial charge on any atom is 0.175 e. The predicted octanol–water partition coefficient (Wildman–Crippen LogP) is 2.65. The van der Waals surface area contributed by atoms with Crippen LogP contribution in [-0.4, -0.2) is 9.78 Å². The summed E-state index contributed by atoms with van der Waals surface area (Å²) in [6.45, 7) is 0. The summed E-state index contributed by atoms with van der Waals surface area (Å²) in [5, 5.41) is 7.15. The third kappa shape index (κ3) is 2.16. The maximum atomic E-state index is 12.9. The van der Waals surface area contributed by atoms with Gasteiger partial charge < -0.3 is 11.1 Å². The van der Waals surface area contributed by atoms with E-state index >= 15 is 0 Å². The number of hydrogen-bond acceptors (Lipinski definition) is 3. The number of nitrogens with zero attached hydrogens (tertiary/aromatic N) is 2. The highest BCUT2D eigenvalue weighted by Gasteiger charge is 2.07. The fraction of sp³-hybridized carbons (Fsp3) is 0.100. The molecule has 0 fully saturated rings. The Morgan fingerprint density at radius 1 is 1.50 bits per heavy atom. The zero-order chi connectivity index (χ0) is 11.7. The van der Waals surface area contributed by atoms with Gasteiger partial charge in [0.15, 0.2) is 5.82 Å². The van der Waals surface area contributed by atoms with E-state index in [2.05, 4.69) is 26.3 Å². The van der Waals surface area contributed by atoms with Crippen molar-refractivity contribution in [1.82, 2.24) is 9.78 Å². The molecule has 3 N–H and O–H groups in total. The quantitative estimate of drug-likeness (QED) is 0.891. The molecule has 1 heterocycles. The Hall–Kier alpha value is -1.56. The molecule has 0 aliphatic rings. The molecule has 0 amide bonds. The number of nitrogens with two attached hydrogens (primary N) is 1. The summed E-state index contributed by atoms with van der Waals surface area (Å²) < 4.78 is 15.1. The first-order valence-electron chi connectivity index (χ1n) is 4.57. The number of benzene rings is 1. The highest BCUT2D eigenvalue weighted by Crippen LogP contribution is 2.27. The van der Waals surface area contributed by atoms with E-state index in [4.69, 9.17) is 5.73 Å². The van der Waals surface area contributed by atoms with E-state index < -0.39 is 0 Å². The summed E-state index contributed by atoms with van der Waals surface area (Å²) in [6, 6.07) is 4.36. The summed E-state index contributed by atoms with van der Waals surface area (Å²) in [5.41, 5.74) is 6.99. The van der Waals surface area contributed by atoms with E-state index in [0.29, 0.717) is 21.7 Å². The van der Waals surface area contributed by atoms with Crippen LogP contribution in [0, 0.1) is 5.82 Å². The highest BCUT2D eigenvalue weighted by molar-refractivity contribution is 9.10. The number of nitrogens with one attached hydrogen (secondary N) is 1. The first-order valence-corrected chi connectivity index (χ1v) is 5.37. The van der Waals surface area contributed by atoms with Gasteiger partial charge in [-0.1, -0.05) is 0 Å². The zero-order valence-electron chi connectivity index (χ0n) is 8.54. The van der Waals surface area contributed by atoms with Crippen molar-refractivity contribution in [1.29, 1.82) is 0 Å². The molecule has 1 aromatic heterocycles. The summed E-state index contributed by atoms with van der Waals surface area (Å²) in [7, 11) is 1.78. The highest BCUT2D eigenvalue weighted by atomic mass is 79.9. The van der Waals surface area contributed by atoms with Crippen molar-refractivity contribution >= 4 is 33.1 Å². The molecule has 16 heavy (non-hydrogen) atoms. The average Bonchev–Trinajstić information content (AvgIpc) is 2.50. The lowest BCUT2D eigenvalue weighted by Gasteiger charge is -2.06. The zero-order valence-corrected chi connectivity index (χ0v) is 10.1. The Bertz CT molecular complexity index is 524. The second kappa shape index (κ2) is 4.13. The van der Waals surface area contributed by atoms with Crippen LogP contribution >= 0.6 is 15.9 Å². The molecule has 4 nitrogen and oxygen atoms in total. The number of halogens is 2. The van der Waals surface area contributed by atoms with E-state index in [9.17, 15) is 4.39 Å². The Kier molecular flexibility index (Phi) is 2.82. The molecule has 0 aliphatic heterocycles. The molecule has 0 spiro atoms. The van der Waals surface area contributed by atoms with Gasteiger partial charge in [-0.15, -0.1) is 0 Å². The number of nitrogen functional groups attached to an aromatic ring is 1. The van der Waals surface area contributed by atoms with Gasteiger partial charge in [-0.25, -0.2) is 4.39 Å². The summed E-state index contributed by atoms with van der Waals surface area (Å²) >= 11 is 3.26. The van der Waals surface area contributed by atoms with Crippen molar-refractivity contribution in [2.45, 2.75) is 0 Å². The van der Waals surface area contributed by atoms with Crippen LogP contribution in [0.15, 0.2) is 28.9 Å². The smallest absolute Gasteiger partial charge is 0.175 e. The fourth-order valence-electron chi connectivity index (χ4n) is 1.32. The van der Waals surface area contributed by atoms with Crippen LogP contribution in [0.1, 0.15) is 0 Å². The van der Waals surface area contributed by atoms with Crippen molar-refractivity contribution in [3.8, 4) is 0 Å². The van der Waals surface area contributed by atoms with Crippen LogP contribution in [0.5, 0.6) is 0 Å². The monoisotopic (exact) mass is 284 g/mol. The molecule has 0 aliphatic carbocycles. The SMILES string of the molecule is Cn1cc(N)c(Nc2ccc(F)cc2Br)n1. The molecule has 1 aromatic carbocycles. The van der Waals surface area contributed by atoms with Gasteiger partial charge in [-0.3, -0.25) is 4.68 Å². The minimum atomic E-state index is -0.300. The minimum absolute atomic E-state index is 0.300. The first kappa shape index (κ1) is 10.9. The van der Waals surface area contributed by atoms with Gasteiger partial charge in [-0.05, 0) is 34.1 Å². The lowest BCUT2D eigenvalue weighted by molar-refractivity contribution is 0.627. The first-order chi connectivity index (χ1) is 7.56. The molecule has 2 rings (SSSR count). The Labute approximate surface area is 100 Å². The van der Waals surface area contributed by atoms with Crippen LogP contribution in [0.3, 0.4) is 0 Å². The second-order valence-corrected chi connectivity index (χ2v) is 4.21. The van der Waals surface area contributed by atoms with Crippen LogP contribution in [-0.2, 0) is 7.05 Å². The standard InChI is InChI=1S/C10H10BrFN4/c1-16-5-8(13)10(15-16)14-9-3-2-6(12)4-7(9)11/h2-5H,13H2,1H3,(H,14,15). The molecule has 0 radical (unpaired) electrons. The summed E-state index contributed by atoms with van der Waals surface area (Å²) in [6.07, 6.45) is 1.69. The molecule has 84 valence electrons. The van der Waals surface area contributed by atoms with Gasteiger partial charge in [0.25, 0.3) is 0 Å². The normalized spacial score (nSPS) is 10.4. The van der Waals surface area contributed by atoms with E-state index in [1.54, 1.807) is 24.0 Å². The van der Waals surface area contributed by atoms with Crippen LogP contribution in [0.2, 0.25) is 0 Å². The molecule has 0 saturated carbocycles.